The summed E-state index contributed by atoms with van der Waals surface area (Å²) in [7, 11) is 0. The molecule has 0 saturated carbocycles. The van der Waals surface area contributed by atoms with E-state index in [9.17, 15) is 9.70 Å². The Kier molecular flexibility index (Phi) is 16.3. The molecule has 0 fully saturated rings. The molecule has 1 atom stereocenters. The largest absolute Gasteiger partial charge is 0.303 e. The highest BCUT2D eigenvalue weighted by atomic mass is 16.3. The lowest BCUT2D eigenvalue weighted by atomic mass is 10.0. The molecule has 0 bridgehead atoms. The Balaban J connectivity index is 3.42. The van der Waals surface area contributed by atoms with Gasteiger partial charge in [-0.3, -0.25) is 0 Å². The van der Waals surface area contributed by atoms with Crippen molar-refractivity contribution in [3.8, 4) is 0 Å². The lowest BCUT2D eigenvalue weighted by Gasteiger charge is -2.04. The number of nitroso groups, excluding NO2 is 1. The van der Waals surface area contributed by atoms with Gasteiger partial charge in [0.2, 0.25) is 0 Å². The number of unbranched alkanes of at least 4 members (excludes halogenated alkanes) is 10. The van der Waals surface area contributed by atoms with E-state index in [0.717, 1.165) is 32.0 Å². The summed E-state index contributed by atoms with van der Waals surface area (Å²) in [4.78, 5) is 20.9. The van der Waals surface area contributed by atoms with E-state index in [1.165, 1.54) is 51.4 Å². The van der Waals surface area contributed by atoms with Crippen LogP contribution >= 0.6 is 0 Å². The van der Waals surface area contributed by atoms with Crippen molar-refractivity contribution in [2.24, 2.45) is 5.18 Å². The van der Waals surface area contributed by atoms with Crippen LogP contribution in [0.4, 0.5) is 0 Å². The monoisotopic (exact) mass is 295 g/mol. The smallest absolute Gasteiger partial charge is 0.120 e. The molecule has 21 heavy (non-hydrogen) atoms. The number of carbonyl (C=O) groups is 1. The van der Waals surface area contributed by atoms with Crippen molar-refractivity contribution in [1.82, 2.24) is 0 Å². The zero-order valence-corrected chi connectivity index (χ0v) is 13.8. The van der Waals surface area contributed by atoms with Gasteiger partial charge in [-0.2, -0.15) is 4.91 Å². The normalized spacial score (nSPS) is 12.6. The average molecular weight is 295 g/mol. The van der Waals surface area contributed by atoms with Gasteiger partial charge in [0.1, 0.15) is 12.3 Å². The topological polar surface area (TPSA) is 46.5 Å². The first-order chi connectivity index (χ1) is 10.3. The predicted octanol–water partition coefficient (Wildman–Crippen LogP) is 5.97. The van der Waals surface area contributed by atoms with Gasteiger partial charge in [-0.1, -0.05) is 82.0 Å². The Morgan fingerprint density at radius 2 is 1.48 bits per heavy atom. The highest BCUT2D eigenvalue weighted by Crippen LogP contribution is 2.13. The van der Waals surface area contributed by atoms with Gasteiger partial charge < -0.3 is 4.79 Å². The average Bonchev–Trinajstić information content (AvgIpc) is 2.51. The first-order valence-electron chi connectivity index (χ1n) is 8.77. The first kappa shape index (κ1) is 20.0. The maximum absolute atomic E-state index is 10.7. The summed E-state index contributed by atoms with van der Waals surface area (Å²) in [6.07, 6.45) is 19.7. The van der Waals surface area contributed by atoms with E-state index in [0.29, 0.717) is 6.42 Å². The predicted molar refractivity (Wildman–Crippen MR) is 90.5 cm³/mol. The number of hydrogen-bond acceptors (Lipinski definition) is 3. The minimum Gasteiger partial charge on any atom is -0.303 e. The van der Waals surface area contributed by atoms with Crippen LogP contribution in [0.15, 0.2) is 17.3 Å². The highest BCUT2D eigenvalue weighted by Gasteiger charge is 2.03. The third-order valence-electron chi connectivity index (χ3n) is 3.79. The molecule has 1 unspecified atom stereocenters. The van der Waals surface area contributed by atoms with E-state index in [2.05, 4.69) is 12.1 Å². The third-order valence-corrected chi connectivity index (χ3v) is 3.79. The van der Waals surface area contributed by atoms with Crippen LogP contribution in [0.2, 0.25) is 0 Å². The summed E-state index contributed by atoms with van der Waals surface area (Å²) >= 11 is 0. The van der Waals surface area contributed by atoms with E-state index in [-0.39, 0.29) is 6.04 Å². The second-order valence-electron chi connectivity index (χ2n) is 5.82. The molecule has 0 heterocycles. The molecule has 0 amide bonds. The summed E-state index contributed by atoms with van der Waals surface area (Å²) < 4.78 is 0. The van der Waals surface area contributed by atoms with E-state index in [4.69, 9.17) is 0 Å². The van der Waals surface area contributed by atoms with Crippen molar-refractivity contribution in [2.75, 3.05) is 0 Å². The summed E-state index contributed by atoms with van der Waals surface area (Å²) in [6.45, 7) is 2.24. The van der Waals surface area contributed by atoms with Gasteiger partial charge in [-0.05, 0) is 19.3 Å². The molecule has 0 N–H and O–H groups in total. The Bertz CT molecular complexity index is 264. The van der Waals surface area contributed by atoms with E-state index in [1.54, 1.807) is 0 Å². The summed E-state index contributed by atoms with van der Waals surface area (Å²) in [5, 5.41) is 3.17. The lowest BCUT2D eigenvalue weighted by molar-refractivity contribution is -0.107. The van der Waals surface area contributed by atoms with Gasteiger partial charge in [0.05, 0.1) is 0 Å². The number of allylic oxidation sites excluding steroid dienone is 1. The molecular weight excluding hydrogens is 262 g/mol. The van der Waals surface area contributed by atoms with Crippen molar-refractivity contribution in [3.05, 3.63) is 17.1 Å². The van der Waals surface area contributed by atoms with Gasteiger partial charge in [0, 0.05) is 6.42 Å². The fourth-order valence-electron chi connectivity index (χ4n) is 2.42. The molecule has 0 aliphatic carbocycles. The van der Waals surface area contributed by atoms with Crippen molar-refractivity contribution >= 4 is 6.29 Å². The number of aldehydes is 1. The number of nitrogens with zero attached hydrogens (tertiary/aromatic N) is 1. The second kappa shape index (κ2) is 17.1. The summed E-state index contributed by atoms with van der Waals surface area (Å²) in [5.41, 5.74) is 0. The van der Waals surface area contributed by atoms with E-state index >= 15 is 0 Å². The van der Waals surface area contributed by atoms with Crippen LogP contribution in [0.3, 0.4) is 0 Å². The van der Waals surface area contributed by atoms with E-state index < -0.39 is 0 Å². The molecule has 0 aromatic carbocycles. The van der Waals surface area contributed by atoms with Crippen LogP contribution in [0.1, 0.15) is 90.4 Å². The fourth-order valence-corrected chi connectivity index (χ4v) is 2.42. The molecule has 0 saturated heterocycles. The molecule has 0 spiro atoms. The van der Waals surface area contributed by atoms with Crippen molar-refractivity contribution < 1.29 is 4.79 Å². The molecule has 0 rings (SSSR count). The second-order valence-corrected chi connectivity index (χ2v) is 5.82. The molecule has 0 aromatic heterocycles. The maximum Gasteiger partial charge on any atom is 0.120 e. The number of rotatable bonds is 16. The Labute approximate surface area is 130 Å². The molecule has 122 valence electrons. The lowest BCUT2D eigenvalue weighted by Crippen LogP contribution is -1.98. The van der Waals surface area contributed by atoms with Gasteiger partial charge in [0.25, 0.3) is 0 Å². The SMILES string of the molecule is CCCCCCCCCCCC(/C=C/CCCC=O)N=O. The number of carbonyl (C=O) groups excluding carboxylic acids is 1. The van der Waals surface area contributed by atoms with Crippen LogP contribution in [0.25, 0.3) is 0 Å². The van der Waals surface area contributed by atoms with Crippen LogP contribution < -0.4 is 0 Å². The molecule has 0 aliphatic rings. The first-order valence-corrected chi connectivity index (χ1v) is 8.77. The Hall–Kier alpha value is -0.990. The minimum atomic E-state index is -0.175. The number of hydrogen-bond donors (Lipinski definition) is 0. The van der Waals surface area contributed by atoms with Crippen LogP contribution in [0, 0.1) is 4.91 Å². The van der Waals surface area contributed by atoms with Crippen molar-refractivity contribution in [1.29, 1.82) is 0 Å². The van der Waals surface area contributed by atoms with Gasteiger partial charge in [0.15, 0.2) is 0 Å². The van der Waals surface area contributed by atoms with Crippen molar-refractivity contribution in [3.63, 3.8) is 0 Å². The Morgan fingerprint density at radius 3 is 2.05 bits per heavy atom. The standard InChI is InChI=1S/C18H33NO2/c1-2-3-4-5-6-7-8-9-12-15-18(19-21)16-13-10-11-14-17-20/h13,16-18H,2-12,14-15H2,1H3/b16-13+. The van der Waals surface area contributed by atoms with E-state index in [1.807, 2.05) is 12.2 Å². The molecule has 3 nitrogen and oxygen atoms in total. The van der Waals surface area contributed by atoms with Crippen molar-refractivity contribution in [2.45, 2.75) is 96.4 Å². The quantitative estimate of drug-likeness (QED) is 0.152. The van der Waals surface area contributed by atoms with Gasteiger partial charge in [-0.25, -0.2) is 0 Å². The zero-order valence-electron chi connectivity index (χ0n) is 13.8. The van der Waals surface area contributed by atoms with Gasteiger partial charge >= 0.3 is 0 Å². The van der Waals surface area contributed by atoms with Crippen LogP contribution in [-0.4, -0.2) is 12.3 Å². The zero-order chi connectivity index (χ0) is 15.6. The van der Waals surface area contributed by atoms with Gasteiger partial charge in [-0.15, -0.1) is 0 Å². The molecular formula is C18H33NO2. The summed E-state index contributed by atoms with van der Waals surface area (Å²) in [5.74, 6) is 0. The minimum absolute atomic E-state index is 0.175. The fraction of sp³-hybridized carbons (Fsp3) is 0.833. The molecule has 0 radical (unpaired) electrons. The van der Waals surface area contributed by atoms with Crippen LogP contribution in [-0.2, 0) is 4.79 Å². The third kappa shape index (κ3) is 15.2. The van der Waals surface area contributed by atoms with Crippen LogP contribution in [0.5, 0.6) is 0 Å². The molecule has 0 aromatic rings. The highest BCUT2D eigenvalue weighted by molar-refractivity contribution is 5.49. The molecule has 0 aliphatic heterocycles. The molecule has 3 heteroatoms. The maximum atomic E-state index is 10.7. The Morgan fingerprint density at radius 1 is 0.857 bits per heavy atom. The summed E-state index contributed by atoms with van der Waals surface area (Å²) in [6, 6.07) is -0.175.